The molecule has 0 fully saturated rings. The van der Waals surface area contributed by atoms with Crippen molar-refractivity contribution in [1.82, 2.24) is 10.6 Å². The highest BCUT2D eigenvalue weighted by atomic mass is 35.5. The zero-order chi connectivity index (χ0) is 15.9. The molecule has 5 nitrogen and oxygen atoms in total. The van der Waals surface area contributed by atoms with E-state index in [4.69, 9.17) is 17.3 Å². The van der Waals surface area contributed by atoms with E-state index in [9.17, 15) is 4.79 Å². The third kappa shape index (κ3) is 6.04. The summed E-state index contributed by atoms with van der Waals surface area (Å²) in [5.41, 5.74) is 5.79. The van der Waals surface area contributed by atoms with E-state index in [1.807, 2.05) is 31.2 Å². The second-order valence-corrected chi connectivity index (χ2v) is 5.86. The molecule has 0 saturated carbocycles. The summed E-state index contributed by atoms with van der Waals surface area (Å²) in [6, 6.07) is 7.54. The number of hydrogen-bond donors (Lipinski definition) is 3. The maximum absolute atomic E-state index is 11.3. The van der Waals surface area contributed by atoms with E-state index in [2.05, 4.69) is 15.6 Å². The lowest BCUT2D eigenvalue weighted by atomic mass is 9.93. The number of nitrogens with zero attached hydrogens (tertiary/aromatic N) is 1. The van der Waals surface area contributed by atoms with Gasteiger partial charge in [-0.25, -0.2) is 4.99 Å². The molecule has 1 amide bonds. The molecule has 0 radical (unpaired) electrons. The number of guanidine groups is 1. The predicted octanol–water partition coefficient (Wildman–Crippen LogP) is 1.91. The van der Waals surface area contributed by atoms with Crippen molar-refractivity contribution >= 4 is 23.5 Å². The Kier molecular flexibility index (Phi) is 6.49. The van der Waals surface area contributed by atoms with E-state index in [0.717, 1.165) is 12.1 Å². The summed E-state index contributed by atoms with van der Waals surface area (Å²) in [5, 5.41) is 6.98. The van der Waals surface area contributed by atoms with Gasteiger partial charge in [-0.3, -0.25) is 4.79 Å². The standard InChI is InChI=1S/C15H23ClN4O/c1-4-18-14(20-10-15(2,3)13(17)21)19-9-11-5-7-12(16)8-6-11/h5-8H,4,9-10H2,1-3H3,(H2,17,21)(H2,18,19,20). The molecule has 116 valence electrons. The van der Waals surface area contributed by atoms with Crippen LogP contribution in [-0.2, 0) is 11.3 Å². The van der Waals surface area contributed by atoms with E-state index >= 15 is 0 Å². The number of carbonyl (C=O) groups excluding carboxylic acids is 1. The van der Waals surface area contributed by atoms with Crippen LogP contribution >= 0.6 is 11.6 Å². The fourth-order valence-electron chi connectivity index (χ4n) is 1.49. The van der Waals surface area contributed by atoms with E-state index in [0.29, 0.717) is 24.1 Å². The van der Waals surface area contributed by atoms with Crippen LogP contribution in [0.25, 0.3) is 0 Å². The summed E-state index contributed by atoms with van der Waals surface area (Å²) in [6.07, 6.45) is 0. The van der Waals surface area contributed by atoms with Crippen LogP contribution in [0.1, 0.15) is 26.3 Å². The molecule has 0 heterocycles. The molecular weight excluding hydrogens is 288 g/mol. The molecule has 0 atom stereocenters. The molecule has 0 spiro atoms. The molecule has 0 aliphatic heterocycles. The number of hydrogen-bond acceptors (Lipinski definition) is 2. The van der Waals surface area contributed by atoms with Crippen molar-refractivity contribution in [2.24, 2.45) is 16.1 Å². The lowest BCUT2D eigenvalue weighted by Crippen LogP contribution is -2.46. The number of nitrogens with one attached hydrogen (secondary N) is 2. The van der Waals surface area contributed by atoms with Crippen LogP contribution in [0, 0.1) is 5.41 Å². The minimum absolute atomic E-state index is 0.344. The maximum Gasteiger partial charge on any atom is 0.224 e. The number of aliphatic imine (C=N–C) groups is 1. The summed E-state index contributed by atoms with van der Waals surface area (Å²) in [4.78, 5) is 15.8. The molecule has 0 bridgehead atoms. The van der Waals surface area contributed by atoms with Crippen molar-refractivity contribution in [3.63, 3.8) is 0 Å². The molecule has 0 saturated heterocycles. The van der Waals surface area contributed by atoms with Crippen LogP contribution in [0.2, 0.25) is 5.02 Å². The Morgan fingerprint density at radius 1 is 1.29 bits per heavy atom. The van der Waals surface area contributed by atoms with E-state index in [1.165, 1.54) is 0 Å². The zero-order valence-corrected chi connectivity index (χ0v) is 13.5. The highest BCUT2D eigenvalue weighted by Gasteiger charge is 2.24. The Balaban J connectivity index is 2.65. The molecule has 1 aromatic carbocycles. The molecule has 21 heavy (non-hydrogen) atoms. The van der Waals surface area contributed by atoms with Gasteiger partial charge in [-0.1, -0.05) is 23.7 Å². The number of carbonyl (C=O) groups is 1. The number of rotatable bonds is 6. The van der Waals surface area contributed by atoms with Gasteiger partial charge in [0.15, 0.2) is 5.96 Å². The van der Waals surface area contributed by atoms with Crippen molar-refractivity contribution in [1.29, 1.82) is 0 Å². The van der Waals surface area contributed by atoms with E-state index in [-0.39, 0.29) is 5.91 Å². The van der Waals surface area contributed by atoms with E-state index < -0.39 is 5.41 Å². The first-order chi connectivity index (χ1) is 9.85. The average molecular weight is 311 g/mol. The summed E-state index contributed by atoms with van der Waals surface area (Å²) >= 11 is 5.85. The van der Waals surface area contributed by atoms with Gasteiger partial charge in [-0.2, -0.15) is 0 Å². The predicted molar refractivity (Wildman–Crippen MR) is 87.2 cm³/mol. The monoisotopic (exact) mass is 310 g/mol. The molecular formula is C15H23ClN4O. The lowest BCUT2D eigenvalue weighted by molar-refractivity contribution is -0.125. The Morgan fingerprint density at radius 2 is 1.90 bits per heavy atom. The third-order valence-electron chi connectivity index (χ3n) is 3.04. The second-order valence-electron chi connectivity index (χ2n) is 5.42. The van der Waals surface area contributed by atoms with E-state index in [1.54, 1.807) is 13.8 Å². The summed E-state index contributed by atoms with van der Waals surface area (Å²) in [6.45, 7) is 7.27. The smallest absolute Gasteiger partial charge is 0.224 e. The van der Waals surface area contributed by atoms with Crippen LogP contribution in [0.5, 0.6) is 0 Å². The van der Waals surface area contributed by atoms with Gasteiger partial charge in [0.1, 0.15) is 0 Å². The van der Waals surface area contributed by atoms with Gasteiger partial charge in [-0.05, 0) is 38.5 Å². The third-order valence-corrected chi connectivity index (χ3v) is 3.29. The fraction of sp³-hybridized carbons (Fsp3) is 0.467. The van der Waals surface area contributed by atoms with Crippen molar-refractivity contribution in [3.05, 3.63) is 34.9 Å². The van der Waals surface area contributed by atoms with Crippen molar-refractivity contribution in [3.8, 4) is 0 Å². The van der Waals surface area contributed by atoms with Crippen molar-refractivity contribution < 1.29 is 4.79 Å². The number of amides is 1. The minimum atomic E-state index is -0.629. The van der Waals surface area contributed by atoms with Crippen molar-refractivity contribution in [2.45, 2.75) is 27.3 Å². The topological polar surface area (TPSA) is 79.5 Å². The van der Waals surface area contributed by atoms with Crippen LogP contribution in [0.4, 0.5) is 0 Å². The van der Waals surface area contributed by atoms with Crippen LogP contribution in [0.15, 0.2) is 29.3 Å². The minimum Gasteiger partial charge on any atom is -0.369 e. The molecule has 0 aliphatic rings. The van der Waals surface area contributed by atoms with Gasteiger partial charge in [0, 0.05) is 18.1 Å². The quantitative estimate of drug-likeness (QED) is 0.554. The molecule has 0 aliphatic carbocycles. The van der Waals surface area contributed by atoms with Crippen LogP contribution in [-0.4, -0.2) is 25.0 Å². The van der Waals surface area contributed by atoms with Crippen LogP contribution in [0.3, 0.4) is 0 Å². The normalized spacial score (nSPS) is 12.1. The van der Waals surface area contributed by atoms with Crippen LogP contribution < -0.4 is 16.4 Å². The first kappa shape index (κ1) is 17.3. The molecule has 0 unspecified atom stereocenters. The largest absolute Gasteiger partial charge is 0.369 e. The Hall–Kier alpha value is -1.75. The number of primary amides is 1. The number of halogens is 1. The summed E-state index contributed by atoms with van der Waals surface area (Å²) in [5.74, 6) is 0.310. The second kappa shape index (κ2) is 7.88. The first-order valence-corrected chi connectivity index (χ1v) is 7.29. The molecule has 1 aromatic rings. The molecule has 0 aromatic heterocycles. The Morgan fingerprint density at radius 3 is 2.43 bits per heavy atom. The number of nitrogens with two attached hydrogens (primary N) is 1. The SMILES string of the molecule is CCNC(=NCc1ccc(Cl)cc1)NCC(C)(C)C(N)=O. The molecule has 4 N–H and O–H groups in total. The Bertz CT molecular complexity index is 497. The highest BCUT2D eigenvalue weighted by molar-refractivity contribution is 6.30. The lowest BCUT2D eigenvalue weighted by Gasteiger charge is -2.22. The summed E-state index contributed by atoms with van der Waals surface area (Å²) < 4.78 is 0. The molecule has 6 heteroatoms. The Labute approximate surface area is 131 Å². The van der Waals surface area contributed by atoms with Gasteiger partial charge in [0.25, 0.3) is 0 Å². The zero-order valence-electron chi connectivity index (χ0n) is 12.7. The average Bonchev–Trinajstić information content (AvgIpc) is 2.43. The number of benzene rings is 1. The van der Waals surface area contributed by atoms with Gasteiger partial charge >= 0.3 is 0 Å². The van der Waals surface area contributed by atoms with Gasteiger partial charge < -0.3 is 16.4 Å². The maximum atomic E-state index is 11.3. The van der Waals surface area contributed by atoms with Gasteiger partial charge in [-0.15, -0.1) is 0 Å². The highest BCUT2D eigenvalue weighted by Crippen LogP contribution is 2.12. The summed E-state index contributed by atoms with van der Waals surface area (Å²) in [7, 11) is 0. The first-order valence-electron chi connectivity index (χ1n) is 6.91. The van der Waals surface area contributed by atoms with Gasteiger partial charge in [0.05, 0.1) is 12.0 Å². The fourth-order valence-corrected chi connectivity index (χ4v) is 1.62. The van der Waals surface area contributed by atoms with Gasteiger partial charge in [0.2, 0.25) is 5.91 Å². The van der Waals surface area contributed by atoms with Crippen molar-refractivity contribution in [2.75, 3.05) is 13.1 Å². The molecule has 1 rings (SSSR count).